The minimum atomic E-state index is 0.930. The fourth-order valence-electron chi connectivity index (χ4n) is 5.40. The highest BCUT2D eigenvalue weighted by atomic mass is 16.3. The van der Waals surface area contributed by atoms with E-state index in [2.05, 4.69) is 116 Å². The molecule has 0 saturated heterocycles. The second-order valence-electron chi connectivity index (χ2n) is 8.91. The van der Waals surface area contributed by atoms with Crippen LogP contribution in [-0.4, -0.2) is 0 Å². The van der Waals surface area contributed by atoms with Gasteiger partial charge in [0.1, 0.15) is 5.58 Å². The third-order valence-electron chi connectivity index (χ3n) is 6.98. The first kappa shape index (κ1) is 18.4. The van der Waals surface area contributed by atoms with Gasteiger partial charge in [-0.25, -0.2) is 0 Å². The van der Waals surface area contributed by atoms with E-state index in [0.29, 0.717) is 0 Å². The Labute approximate surface area is 191 Å². The summed E-state index contributed by atoms with van der Waals surface area (Å²) in [4.78, 5) is 0. The molecule has 0 atom stereocenters. The van der Waals surface area contributed by atoms with Crippen molar-refractivity contribution in [3.05, 3.63) is 108 Å². The maximum absolute atomic E-state index is 6.62. The van der Waals surface area contributed by atoms with Gasteiger partial charge >= 0.3 is 0 Å². The number of hydrogen-bond donors (Lipinski definition) is 0. The molecule has 7 rings (SSSR count). The Kier molecular flexibility index (Phi) is 3.72. The van der Waals surface area contributed by atoms with Gasteiger partial charge in [0.15, 0.2) is 11.9 Å². The van der Waals surface area contributed by atoms with Crippen LogP contribution in [0.5, 0.6) is 0 Å². The molecule has 0 spiro atoms. The van der Waals surface area contributed by atoms with E-state index in [-0.39, 0.29) is 0 Å². The van der Waals surface area contributed by atoms with Crippen molar-refractivity contribution < 1.29 is 8.98 Å². The summed E-state index contributed by atoms with van der Waals surface area (Å²) in [6, 6.07) is 32.6. The van der Waals surface area contributed by atoms with Crippen LogP contribution in [0.2, 0.25) is 0 Å². The molecule has 0 fully saturated rings. The van der Waals surface area contributed by atoms with Gasteiger partial charge in [0.25, 0.3) is 5.69 Å². The van der Waals surface area contributed by atoms with E-state index < -0.39 is 0 Å². The molecular formula is C31H22NO+. The van der Waals surface area contributed by atoms with E-state index in [9.17, 15) is 0 Å². The molecule has 33 heavy (non-hydrogen) atoms. The minimum absolute atomic E-state index is 0.930. The molecule has 0 aliphatic rings. The first-order valence-corrected chi connectivity index (χ1v) is 11.4. The van der Waals surface area contributed by atoms with Gasteiger partial charge in [0, 0.05) is 35.4 Å². The highest BCUT2D eigenvalue weighted by molar-refractivity contribution is 6.28. The summed E-state index contributed by atoms with van der Waals surface area (Å²) in [7, 11) is 0. The number of aryl methyl sites for hydroxylation is 2. The van der Waals surface area contributed by atoms with Crippen molar-refractivity contribution in [1.82, 2.24) is 0 Å². The summed E-state index contributed by atoms with van der Waals surface area (Å²) in [5, 5.41) is 9.93. The second kappa shape index (κ2) is 6.66. The van der Waals surface area contributed by atoms with Gasteiger partial charge < -0.3 is 4.42 Å². The first-order chi connectivity index (χ1) is 16.2. The summed E-state index contributed by atoms with van der Waals surface area (Å²) in [5.74, 6) is 0. The van der Waals surface area contributed by atoms with Crippen molar-refractivity contribution in [2.24, 2.45) is 0 Å². The van der Waals surface area contributed by atoms with E-state index in [0.717, 1.165) is 27.6 Å². The van der Waals surface area contributed by atoms with Crippen molar-refractivity contribution in [1.29, 1.82) is 0 Å². The number of aromatic nitrogens is 1. The zero-order chi connectivity index (χ0) is 22.1. The molecule has 0 amide bonds. The van der Waals surface area contributed by atoms with Gasteiger partial charge in [0.2, 0.25) is 5.58 Å². The number of benzene rings is 5. The van der Waals surface area contributed by atoms with Crippen molar-refractivity contribution in [2.45, 2.75) is 13.8 Å². The fourth-order valence-corrected chi connectivity index (χ4v) is 5.40. The lowest BCUT2D eigenvalue weighted by atomic mass is 9.93. The predicted octanol–water partition coefficient (Wildman–Crippen LogP) is 7.94. The van der Waals surface area contributed by atoms with Crippen LogP contribution in [-0.2, 0) is 0 Å². The molecule has 2 aromatic heterocycles. The summed E-state index contributed by atoms with van der Waals surface area (Å²) in [6.07, 6.45) is 2.11. The van der Waals surface area contributed by atoms with E-state index >= 15 is 0 Å². The molecule has 7 aromatic rings. The molecule has 2 heteroatoms. The van der Waals surface area contributed by atoms with E-state index in [1.165, 1.54) is 43.6 Å². The molecule has 2 heterocycles. The lowest BCUT2D eigenvalue weighted by Crippen LogP contribution is -2.34. The molecule has 5 aromatic carbocycles. The maximum Gasteiger partial charge on any atom is 0.257 e. The molecule has 0 aliphatic heterocycles. The molecule has 0 N–H and O–H groups in total. The minimum Gasteiger partial charge on any atom is -0.449 e. The fraction of sp³-hybridized carbons (Fsp3) is 0.0645. The Morgan fingerprint density at radius 3 is 1.82 bits per heavy atom. The van der Waals surface area contributed by atoms with Crippen LogP contribution in [0.25, 0.3) is 59.9 Å². The number of rotatable bonds is 1. The van der Waals surface area contributed by atoms with Crippen LogP contribution in [0.1, 0.15) is 11.3 Å². The number of fused-ring (bicyclic) bond motifs is 9. The normalized spacial score (nSPS) is 11.9. The second-order valence-corrected chi connectivity index (χ2v) is 8.91. The summed E-state index contributed by atoms with van der Waals surface area (Å²) < 4.78 is 8.85. The standard InChI is InChI=1S/C31H22NO/c1-19-14-15-25-28-17-26-23-12-5-3-10-21(23)22-11-4-6-13-24(22)27(26)18-29(28)33-31(25)30(19)32-16-8-7-9-20(32)2/h3-18H,1-2H3/q+1. The van der Waals surface area contributed by atoms with Gasteiger partial charge in [-0.2, -0.15) is 4.57 Å². The highest BCUT2D eigenvalue weighted by Crippen LogP contribution is 2.40. The average molecular weight is 425 g/mol. The Balaban J connectivity index is 1.68. The van der Waals surface area contributed by atoms with Crippen LogP contribution >= 0.6 is 0 Å². The predicted molar refractivity (Wildman–Crippen MR) is 137 cm³/mol. The van der Waals surface area contributed by atoms with Crippen molar-refractivity contribution in [2.75, 3.05) is 0 Å². The number of pyridine rings is 1. The topological polar surface area (TPSA) is 17.0 Å². The van der Waals surface area contributed by atoms with E-state index in [4.69, 9.17) is 4.42 Å². The number of hydrogen-bond acceptors (Lipinski definition) is 1. The van der Waals surface area contributed by atoms with Gasteiger partial charge in [-0.1, -0.05) is 60.7 Å². The molecule has 0 unspecified atom stereocenters. The van der Waals surface area contributed by atoms with Gasteiger partial charge in [-0.3, -0.25) is 0 Å². The van der Waals surface area contributed by atoms with Crippen LogP contribution in [0, 0.1) is 13.8 Å². The van der Waals surface area contributed by atoms with Crippen LogP contribution in [0.15, 0.2) is 102 Å². The number of furan rings is 1. The molecule has 2 nitrogen and oxygen atoms in total. The molecule has 156 valence electrons. The average Bonchev–Trinajstić information content (AvgIpc) is 3.21. The monoisotopic (exact) mass is 424 g/mol. The zero-order valence-corrected chi connectivity index (χ0v) is 18.6. The Morgan fingerprint density at radius 1 is 0.545 bits per heavy atom. The van der Waals surface area contributed by atoms with Gasteiger partial charge in [-0.05, 0) is 57.4 Å². The third kappa shape index (κ3) is 2.52. The Morgan fingerprint density at radius 2 is 1.15 bits per heavy atom. The van der Waals surface area contributed by atoms with Crippen molar-refractivity contribution in [3.63, 3.8) is 0 Å². The Bertz CT molecular complexity index is 1890. The van der Waals surface area contributed by atoms with Crippen molar-refractivity contribution >= 4 is 54.3 Å². The van der Waals surface area contributed by atoms with E-state index in [1.54, 1.807) is 0 Å². The highest BCUT2D eigenvalue weighted by Gasteiger charge is 2.22. The van der Waals surface area contributed by atoms with Crippen LogP contribution < -0.4 is 4.57 Å². The molecule has 0 radical (unpaired) electrons. The maximum atomic E-state index is 6.62. The quantitative estimate of drug-likeness (QED) is 0.193. The van der Waals surface area contributed by atoms with Crippen LogP contribution in [0.3, 0.4) is 0 Å². The summed E-state index contributed by atoms with van der Waals surface area (Å²) in [6.45, 7) is 4.28. The van der Waals surface area contributed by atoms with E-state index in [1.807, 2.05) is 0 Å². The number of nitrogens with zero attached hydrogens (tertiary/aromatic N) is 1. The third-order valence-corrected chi connectivity index (χ3v) is 6.98. The van der Waals surface area contributed by atoms with Crippen molar-refractivity contribution in [3.8, 4) is 5.69 Å². The zero-order valence-electron chi connectivity index (χ0n) is 18.6. The molecule has 0 aliphatic carbocycles. The molecule has 0 bridgehead atoms. The van der Waals surface area contributed by atoms with Crippen LogP contribution in [0.4, 0.5) is 0 Å². The van der Waals surface area contributed by atoms with Gasteiger partial charge in [0.05, 0.1) is 0 Å². The SMILES string of the molecule is Cc1ccc2c(oc3cc4c5ccccc5c5ccccc5c4cc32)c1-[n+]1ccccc1C. The largest absolute Gasteiger partial charge is 0.449 e. The molecule has 0 saturated carbocycles. The lowest BCUT2D eigenvalue weighted by Gasteiger charge is -2.10. The summed E-state index contributed by atoms with van der Waals surface area (Å²) >= 11 is 0. The van der Waals surface area contributed by atoms with Gasteiger partial charge in [-0.15, -0.1) is 0 Å². The Hall–Kier alpha value is -4.17. The first-order valence-electron chi connectivity index (χ1n) is 11.4. The summed E-state index contributed by atoms with van der Waals surface area (Å²) in [5.41, 5.74) is 5.35. The smallest absolute Gasteiger partial charge is 0.257 e. The molecular weight excluding hydrogens is 402 g/mol. The lowest BCUT2D eigenvalue weighted by molar-refractivity contribution is -0.602.